The summed E-state index contributed by atoms with van der Waals surface area (Å²) in [6.07, 6.45) is -1.04. The quantitative estimate of drug-likeness (QED) is 0.631. The molecular weight excluding hydrogens is 304 g/mol. The minimum Gasteiger partial charge on any atom is -0.399 e. The van der Waals surface area contributed by atoms with Gasteiger partial charge in [0.1, 0.15) is 6.10 Å². The molecule has 2 atom stereocenters. The Morgan fingerprint density at radius 1 is 1.14 bits per heavy atom. The number of amides is 1. The van der Waals surface area contributed by atoms with Crippen LogP contribution in [0, 0.1) is 0 Å². The second-order valence-corrected chi connectivity index (χ2v) is 5.32. The smallest absolute Gasteiger partial charge is 0.251 e. The molecule has 0 spiro atoms. The average molecular weight is 321 g/mol. The number of nitrogens with two attached hydrogens (primary N) is 1. The van der Waals surface area contributed by atoms with Gasteiger partial charge in [0.25, 0.3) is 5.91 Å². The number of carbonyl (C=O) groups is 1. The van der Waals surface area contributed by atoms with Crippen LogP contribution < -0.4 is 11.1 Å². The molecule has 0 heterocycles. The largest absolute Gasteiger partial charge is 0.399 e. The summed E-state index contributed by atoms with van der Waals surface area (Å²) in [5, 5.41) is 22.8. The van der Waals surface area contributed by atoms with Crippen LogP contribution in [0.25, 0.3) is 0 Å². The maximum absolute atomic E-state index is 12.1. The summed E-state index contributed by atoms with van der Waals surface area (Å²) in [6, 6.07) is 12.1. The first-order chi connectivity index (χ1) is 10.5. The molecule has 22 heavy (non-hydrogen) atoms. The second kappa shape index (κ2) is 7.26. The Balaban J connectivity index is 2.09. The van der Waals surface area contributed by atoms with Crippen LogP contribution in [0.1, 0.15) is 22.0 Å². The maximum atomic E-state index is 12.1. The highest BCUT2D eigenvalue weighted by atomic mass is 35.5. The van der Waals surface area contributed by atoms with E-state index in [1.54, 1.807) is 48.5 Å². The van der Waals surface area contributed by atoms with Crippen molar-refractivity contribution >= 4 is 23.2 Å². The molecule has 0 bridgehead atoms. The molecule has 2 unspecified atom stereocenters. The number of halogens is 1. The number of nitrogens with one attached hydrogen (secondary N) is 1. The Hall–Kier alpha value is -2.08. The van der Waals surface area contributed by atoms with E-state index in [4.69, 9.17) is 17.3 Å². The van der Waals surface area contributed by atoms with Crippen LogP contribution in [0.2, 0.25) is 5.02 Å². The summed E-state index contributed by atoms with van der Waals surface area (Å²) in [5.74, 6) is -0.398. The number of nitrogen functional groups attached to an aromatic ring is 1. The van der Waals surface area contributed by atoms with Gasteiger partial charge in [0.05, 0.1) is 12.6 Å². The molecule has 5 N–H and O–H groups in total. The normalized spacial score (nSPS) is 13.4. The molecule has 6 heteroatoms. The third-order valence-corrected chi connectivity index (χ3v) is 3.53. The van der Waals surface area contributed by atoms with Gasteiger partial charge in [-0.2, -0.15) is 0 Å². The van der Waals surface area contributed by atoms with Crippen molar-refractivity contribution in [2.24, 2.45) is 0 Å². The monoisotopic (exact) mass is 320 g/mol. The van der Waals surface area contributed by atoms with E-state index in [0.717, 1.165) is 0 Å². The van der Waals surface area contributed by atoms with Gasteiger partial charge in [-0.1, -0.05) is 23.7 Å². The van der Waals surface area contributed by atoms with Crippen molar-refractivity contribution in [1.29, 1.82) is 0 Å². The zero-order valence-corrected chi connectivity index (χ0v) is 12.5. The van der Waals surface area contributed by atoms with Crippen molar-refractivity contribution in [2.75, 3.05) is 12.3 Å². The van der Waals surface area contributed by atoms with E-state index in [-0.39, 0.29) is 0 Å². The Labute approximate surface area is 133 Å². The fraction of sp³-hybridized carbons (Fsp3) is 0.188. The first-order valence-corrected chi connectivity index (χ1v) is 7.10. The number of rotatable bonds is 5. The lowest BCUT2D eigenvalue weighted by Crippen LogP contribution is -2.41. The van der Waals surface area contributed by atoms with Gasteiger partial charge in [0.15, 0.2) is 0 Å². The Morgan fingerprint density at radius 3 is 2.27 bits per heavy atom. The molecule has 0 aromatic heterocycles. The molecule has 0 aliphatic rings. The molecule has 2 aromatic rings. The van der Waals surface area contributed by atoms with E-state index < -0.39 is 24.7 Å². The molecule has 0 aliphatic carbocycles. The molecule has 116 valence electrons. The highest BCUT2D eigenvalue weighted by molar-refractivity contribution is 6.30. The van der Waals surface area contributed by atoms with E-state index in [0.29, 0.717) is 21.8 Å². The number of anilines is 1. The van der Waals surface area contributed by atoms with Crippen molar-refractivity contribution in [2.45, 2.75) is 12.1 Å². The van der Waals surface area contributed by atoms with Gasteiger partial charge in [-0.25, -0.2) is 0 Å². The van der Waals surface area contributed by atoms with Gasteiger partial charge < -0.3 is 21.3 Å². The van der Waals surface area contributed by atoms with Crippen molar-refractivity contribution < 1.29 is 15.0 Å². The van der Waals surface area contributed by atoms with E-state index >= 15 is 0 Å². The second-order valence-electron chi connectivity index (χ2n) is 4.88. The lowest BCUT2D eigenvalue weighted by atomic mass is 10.0. The molecule has 2 rings (SSSR count). The number of benzene rings is 2. The van der Waals surface area contributed by atoms with Crippen LogP contribution in [0.15, 0.2) is 48.5 Å². The Morgan fingerprint density at radius 2 is 1.73 bits per heavy atom. The minimum atomic E-state index is -1.04. The molecule has 0 fully saturated rings. The zero-order valence-electron chi connectivity index (χ0n) is 11.7. The van der Waals surface area contributed by atoms with Gasteiger partial charge in [-0.05, 0) is 42.0 Å². The molecule has 2 aromatic carbocycles. The van der Waals surface area contributed by atoms with Crippen LogP contribution in [0.3, 0.4) is 0 Å². The number of hydrogen-bond donors (Lipinski definition) is 4. The lowest BCUT2D eigenvalue weighted by molar-refractivity contribution is 0.0703. The number of aliphatic hydroxyl groups excluding tert-OH is 2. The lowest BCUT2D eigenvalue weighted by Gasteiger charge is -2.22. The Bertz CT molecular complexity index is 629. The summed E-state index contributed by atoms with van der Waals surface area (Å²) in [5.41, 5.74) is 7.12. The molecule has 5 nitrogen and oxygen atoms in total. The molecule has 0 radical (unpaired) electrons. The summed E-state index contributed by atoms with van der Waals surface area (Å²) in [7, 11) is 0. The standard InChI is InChI=1S/C16H17ClN2O3/c17-12-5-1-11(2-6-12)16(22)19-14(9-20)15(21)10-3-7-13(18)8-4-10/h1-8,14-15,20-21H,9,18H2,(H,19,22). The molecule has 0 aliphatic heterocycles. The van der Waals surface area contributed by atoms with E-state index in [2.05, 4.69) is 5.32 Å². The zero-order chi connectivity index (χ0) is 16.1. The predicted molar refractivity (Wildman–Crippen MR) is 85.6 cm³/mol. The number of aliphatic hydroxyl groups is 2. The van der Waals surface area contributed by atoms with E-state index in [1.165, 1.54) is 0 Å². The van der Waals surface area contributed by atoms with Crippen LogP contribution in [0.5, 0.6) is 0 Å². The highest BCUT2D eigenvalue weighted by Crippen LogP contribution is 2.19. The predicted octanol–water partition coefficient (Wildman–Crippen LogP) is 1.75. The summed E-state index contributed by atoms with van der Waals surface area (Å²) in [6.45, 7) is -0.398. The number of carbonyl (C=O) groups excluding carboxylic acids is 1. The first kappa shape index (κ1) is 16.3. The van der Waals surface area contributed by atoms with Crippen molar-refractivity contribution in [3.8, 4) is 0 Å². The topological polar surface area (TPSA) is 95.6 Å². The van der Waals surface area contributed by atoms with Gasteiger partial charge >= 0.3 is 0 Å². The molecule has 1 amide bonds. The third-order valence-electron chi connectivity index (χ3n) is 3.28. The summed E-state index contributed by atoms with van der Waals surface area (Å²) >= 11 is 5.77. The van der Waals surface area contributed by atoms with Gasteiger partial charge in [-0.15, -0.1) is 0 Å². The fourth-order valence-corrected chi connectivity index (χ4v) is 2.13. The van der Waals surface area contributed by atoms with E-state index in [9.17, 15) is 15.0 Å². The van der Waals surface area contributed by atoms with Crippen LogP contribution in [0.4, 0.5) is 5.69 Å². The third kappa shape index (κ3) is 3.98. The molecular formula is C16H17ClN2O3. The van der Waals surface area contributed by atoms with Crippen LogP contribution >= 0.6 is 11.6 Å². The SMILES string of the molecule is Nc1ccc(C(O)C(CO)NC(=O)c2ccc(Cl)cc2)cc1. The van der Waals surface area contributed by atoms with Crippen molar-refractivity contribution in [1.82, 2.24) is 5.32 Å². The molecule has 0 saturated carbocycles. The van der Waals surface area contributed by atoms with Gasteiger partial charge in [0.2, 0.25) is 0 Å². The van der Waals surface area contributed by atoms with Crippen LogP contribution in [-0.4, -0.2) is 28.8 Å². The minimum absolute atomic E-state index is 0.396. The molecule has 0 saturated heterocycles. The van der Waals surface area contributed by atoms with Gasteiger partial charge in [0, 0.05) is 16.3 Å². The van der Waals surface area contributed by atoms with Gasteiger partial charge in [-0.3, -0.25) is 4.79 Å². The van der Waals surface area contributed by atoms with Crippen LogP contribution in [-0.2, 0) is 0 Å². The van der Waals surface area contributed by atoms with Crippen molar-refractivity contribution in [3.05, 3.63) is 64.7 Å². The summed E-state index contributed by atoms with van der Waals surface area (Å²) < 4.78 is 0. The Kier molecular flexibility index (Phi) is 5.38. The fourth-order valence-electron chi connectivity index (χ4n) is 2.00. The first-order valence-electron chi connectivity index (χ1n) is 6.72. The highest BCUT2D eigenvalue weighted by Gasteiger charge is 2.22. The maximum Gasteiger partial charge on any atom is 0.251 e. The van der Waals surface area contributed by atoms with Crippen molar-refractivity contribution in [3.63, 3.8) is 0 Å². The average Bonchev–Trinajstić information content (AvgIpc) is 2.53. The summed E-state index contributed by atoms with van der Waals surface area (Å²) in [4.78, 5) is 12.1. The number of hydrogen-bond acceptors (Lipinski definition) is 4. The van der Waals surface area contributed by atoms with E-state index in [1.807, 2.05) is 0 Å².